The number of hydrogen-bond acceptors (Lipinski definition) is 5. The molecule has 118 valence electrons. The summed E-state index contributed by atoms with van der Waals surface area (Å²) in [6.07, 6.45) is 8.61. The largest absolute Gasteiger partial charge is 0.459 e. The van der Waals surface area contributed by atoms with Gasteiger partial charge in [0.05, 0.1) is 11.7 Å². The Hall–Kier alpha value is -2.32. The van der Waals surface area contributed by atoms with Gasteiger partial charge in [0.2, 0.25) is 6.29 Å². The second-order valence-electron chi connectivity index (χ2n) is 4.84. The van der Waals surface area contributed by atoms with E-state index >= 15 is 0 Å². The molecule has 2 unspecified atom stereocenters. The van der Waals surface area contributed by atoms with Crippen LogP contribution in [0.3, 0.4) is 0 Å². The van der Waals surface area contributed by atoms with Crippen LogP contribution in [0.25, 0.3) is 0 Å². The fraction of sp³-hybridized carbons (Fsp3) is 0.412. The van der Waals surface area contributed by atoms with E-state index in [0.29, 0.717) is 18.4 Å². The van der Waals surface area contributed by atoms with Crippen LogP contribution in [-0.2, 0) is 19.0 Å². The van der Waals surface area contributed by atoms with Gasteiger partial charge in [0.1, 0.15) is 6.61 Å². The zero-order valence-corrected chi connectivity index (χ0v) is 12.8. The topological polar surface area (TPSA) is 61.8 Å². The first kappa shape index (κ1) is 17.7. The first-order valence-electron chi connectivity index (χ1n) is 6.94. The highest BCUT2D eigenvalue weighted by atomic mass is 16.7. The smallest absolute Gasteiger partial charge is 0.338 e. The highest BCUT2D eigenvalue weighted by molar-refractivity contribution is 5.89. The van der Waals surface area contributed by atoms with Crippen molar-refractivity contribution >= 4 is 11.9 Å². The lowest BCUT2D eigenvalue weighted by molar-refractivity contribution is -0.174. The number of benzene rings is 1. The van der Waals surface area contributed by atoms with Gasteiger partial charge in [0, 0.05) is 13.3 Å². The van der Waals surface area contributed by atoms with Gasteiger partial charge in [-0.25, -0.2) is 4.79 Å². The summed E-state index contributed by atoms with van der Waals surface area (Å²) in [5, 5.41) is 0. The van der Waals surface area contributed by atoms with Crippen molar-refractivity contribution in [3.8, 4) is 12.8 Å². The van der Waals surface area contributed by atoms with Gasteiger partial charge >= 0.3 is 11.9 Å². The summed E-state index contributed by atoms with van der Waals surface area (Å²) < 4.78 is 15.6. The number of esters is 2. The minimum Gasteiger partial charge on any atom is -0.459 e. The summed E-state index contributed by atoms with van der Waals surface area (Å²) in [4.78, 5) is 22.6. The maximum Gasteiger partial charge on any atom is 0.338 e. The van der Waals surface area contributed by atoms with Crippen LogP contribution in [0, 0.1) is 19.8 Å². The van der Waals surface area contributed by atoms with Crippen molar-refractivity contribution in [2.75, 3.05) is 6.61 Å². The van der Waals surface area contributed by atoms with Gasteiger partial charge in [-0.1, -0.05) is 17.7 Å². The van der Waals surface area contributed by atoms with Gasteiger partial charge in [-0.05, 0) is 25.5 Å². The second kappa shape index (κ2) is 8.85. The van der Waals surface area contributed by atoms with Crippen molar-refractivity contribution < 1.29 is 23.8 Å². The fourth-order valence-electron chi connectivity index (χ4n) is 2.01. The predicted octanol–water partition coefficient (Wildman–Crippen LogP) is 2.47. The van der Waals surface area contributed by atoms with Crippen LogP contribution in [0.15, 0.2) is 24.3 Å². The number of aryl methyl sites for hydroxylation is 1. The number of ether oxygens (including phenoxy) is 3. The van der Waals surface area contributed by atoms with Crippen molar-refractivity contribution in [2.24, 2.45) is 0 Å². The van der Waals surface area contributed by atoms with Crippen LogP contribution in [0.1, 0.15) is 35.7 Å². The Labute approximate surface area is 130 Å². The maximum atomic E-state index is 11.8. The molecule has 0 amide bonds. The first-order chi connectivity index (χ1) is 10.5. The summed E-state index contributed by atoms with van der Waals surface area (Å²) in [5.41, 5.74) is 1.61. The quantitative estimate of drug-likeness (QED) is 0.631. The lowest BCUT2D eigenvalue weighted by Gasteiger charge is -2.13. The molecular formula is C17H20O5. The molecule has 1 saturated heterocycles. The third-order valence-corrected chi connectivity index (χ3v) is 3.05. The van der Waals surface area contributed by atoms with E-state index in [1.807, 2.05) is 19.1 Å². The molecule has 0 N–H and O–H groups in total. The summed E-state index contributed by atoms with van der Waals surface area (Å²) >= 11 is 0. The number of carbonyl (C=O) groups excluding carboxylic acids is 2. The van der Waals surface area contributed by atoms with E-state index in [0.717, 1.165) is 5.56 Å². The van der Waals surface area contributed by atoms with E-state index < -0.39 is 6.29 Å². The monoisotopic (exact) mass is 304 g/mol. The number of terminal acetylenes is 1. The molecule has 1 heterocycles. The molecule has 0 radical (unpaired) electrons. The summed E-state index contributed by atoms with van der Waals surface area (Å²) in [7, 11) is 0. The van der Waals surface area contributed by atoms with Crippen LogP contribution in [0.5, 0.6) is 0 Å². The molecule has 1 aromatic carbocycles. The normalized spacial score (nSPS) is 19.6. The SMILES string of the molecule is C#C.CC(=O)OC1CCC(COC(=O)c2ccc(C)cc2)O1. The highest BCUT2D eigenvalue weighted by Crippen LogP contribution is 2.21. The average molecular weight is 304 g/mol. The molecule has 1 aromatic rings. The zero-order chi connectivity index (χ0) is 16.5. The Morgan fingerprint density at radius 1 is 1.23 bits per heavy atom. The van der Waals surface area contributed by atoms with E-state index in [9.17, 15) is 9.59 Å². The zero-order valence-electron chi connectivity index (χ0n) is 12.8. The molecule has 1 aliphatic heterocycles. The minimum atomic E-state index is -0.518. The van der Waals surface area contributed by atoms with Crippen molar-refractivity contribution in [1.29, 1.82) is 0 Å². The second-order valence-corrected chi connectivity index (χ2v) is 4.84. The van der Waals surface area contributed by atoms with E-state index in [1.165, 1.54) is 6.92 Å². The maximum absolute atomic E-state index is 11.8. The van der Waals surface area contributed by atoms with Crippen molar-refractivity contribution in [3.05, 3.63) is 35.4 Å². The third-order valence-electron chi connectivity index (χ3n) is 3.05. The molecule has 2 rings (SSSR count). The molecular weight excluding hydrogens is 284 g/mol. The summed E-state index contributed by atoms with van der Waals surface area (Å²) in [5.74, 6) is -0.739. The standard InChI is InChI=1S/C15H18O5.C2H2/c1-10-3-5-12(6-4-10)15(17)18-9-13-7-8-14(20-13)19-11(2)16;1-2/h3-6,13-14H,7-9H2,1-2H3;1-2H. The van der Waals surface area contributed by atoms with Gasteiger partial charge < -0.3 is 14.2 Å². The van der Waals surface area contributed by atoms with Crippen LogP contribution in [0.4, 0.5) is 0 Å². The molecule has 0 aromatic heterocycles. The Balaban J connectivity index is 0.00000116. The fourth-order valence-corrected chi connectivity index (χ4v) is 2.01. The number of carbonyl (C=O) groups is 2. The molecule has 0 spiro atoms. The van der Waals surface area contributed by atoms with E-state index in [1.54, 1.807) is 12.1 Å². The molecule has 0 bridgehead atoms. The average Bonchev–Trinajstić information content (AvgIpc) is 2.94. The predicted molar refractivity (Wildman–Crippen MR) is 81.0 cm³/mol. The van der Waals surface area contributed by atoms with Gasteiger partial charge in [-0.3, -0.25) is 4.79 Å². The molecule has 0 aliphatic carbocycles. The van der Waals surface area contributed by atoms with Crippen LogP contribution >= 0.6 is 0 Å². The molecule has 1 fully saturated rings. The molecule has 2 atom stereocenters. The Morgan fingerprint density at radius 3 is 2.45 bits per heavy atom. The van der Waals surface area contributed by atoms with Gasteiger partial charge in [-0.2, -0.15) is 0 Å². The van der Waals surface area contributed by atoms with Gasteiger partial charge in [0.15, 0.2) is 0 Å². The van der Waals surface area contributed by atoms with Crippen molar-refractivity contribution in [3.63, 3.8) is 0 Å². The van der Waals surface area contributed by atoms with Crippen molar-refractivity contribution in [1.82, 2.24) is 0 Å². The Bertz CT molecular complexity index is 518. The lowest BCUT2D eigenvalue weighted by Crippen LogP contribution is -2.21. The minimum absolute atomic E-state index is 0.171. The molecule has 5 nitrogen and oxygen atoms in total. The molecule has 0 saturated carbocycles. The number of rotatable bonds is 4. The third kappa shape index (κ3) is 5.58. The van der Waals surface area contributed by atoms with Gasteiger partial charge in [0.25, 0.3) is 0 Å². The highest BCUT2D eigenvalue weighted by Gasteiger charge is 2.28. The molecule has 5 heteroatoms. The van der Waals surface area contributed by atoms with E-state index in [4.69, 9.17) is 14.2 Å². The van der Waals surface area contributed by atoms with E-state index in [2.05, 4.69) is 12.8 Å². The van der Waals surface area contributed by atoms with E-state index in [-0.39, 0.29) is 24.6 Å². The first-order valence-corrected chi connectivity index (χ1v) is 6.94. The Morgan fingerprint density at radius 2 is 1.86 bits per heavy atom. The lowest BCUT2D eigenvalue weighted by atomic mass is 10.1. The molecule has 1 aliphatic rings. The Kier molecular flexibility index (Phi) is 7.14. The van der Waals surface area contributed by atoms with Crippen LogP contribution in [0.2, 0.25) is 0 Å². The van der Waals surface area contributed by atoms with Crippen molar-refractivity contribution in [2.45, 2.75) is 39.1 Å². The number of hydrogen-bond donors (Lipinski definition) is 0. The van der Waals surface area contributed by atoms with Crippen LogP contribution < -0.4 is 0 Å². The summed E-state index contributed by atoms with van der Waals surface area (Å²) in [6.45, 7) is 3.47. The van der Waals surface area contributed by atoms with Gasteiger partial charge in [-0.15, -0.1) is 12.8 Å². The molecule has 22 heavy (non-hydrogen) atoms. The summed E-state index contributed by atoms with van der Waals surface area (Å²) in [6, 6.07) is 7.18. The van der Waals surface area contributed by atoms with Crippen LogP contribution in [-0.4, -0.2) is 30.9 Å².